The molecule has 7 nitrogen and oxygen atoms in total. The lowest BCUT2D eigenvalue weighted by Crippen LogP contribution is -2.27. The Bertz CT molecular complexity index is 967. The van der Waals surface area contributed by atoms with Crippen molar-refractivity contribution >= 4 is 39.1 Å². The molecule has 1 N–H and O–H groups in total. The lowest BCUT2D eigenvalue weighted by atomic mass is 10.2. The third-order valence-electron chi connectivity index (χ3n) is 4.30. The molecule has 0 fully saturated rings. The zero-order valence-electron chi connectivity index (χ0n) is 15.8. The summed E-state index contributed by atoms with van der Waals surface area (Å²) in [7, 11) is 0. The van der Waals surface area contributed by atoms with Gasteiger partial charge in [-0.3, -0.25) is 9.48 Å². The van der Waals surface area contributed by atoms with Crippen LogP contribution in [-0.4, -0.2) is 25.5 Å². The third kappa shape index (κ3) is 4.56. The van der Waals surface area contributed by atoms with Gasteiger partial charge in [-0.15, -0.1) is 0 Å². The molecule has 148 valence electrons. The number of hydrogen-bond acceptors (Lipinski definition) is 4. The average molecular weight is 467 g/mol. The van der Waals surface area contributed by atoms with Crippen LogP contribution in [0.2, 0.25) is 5.02 Å². The Morgan fingerprint density at radius 3 is 2.64 bits per heavy atom. The summed E-state index contributed by atoms with van der Waals surface area (Å²) < 4.78 is 9.94. The molecule has 28 heavy (non-hydrogen) atoms. The van der Waals surface area contributed by atoms with E-state index in [2.05, 4.69) is 31.4 Å². The van der Waals surface area contributed by atoms with Crippen molar-refractivity contribution in [1.29, 1.82) is 0 Å². The highest BCUT2D eigenvalue weighted by Crippen LogP contribution is 2.24. The van der Waals surface area contributed by atoms with Crippen LogP contribution in [0.15, 0.2) is 41.1 Å². The normalized spacial score (nSPS) is 12.0. The van der Waals surface area contributed by atoms with Crippen LogP contribution in [0.25, 0.3) is 0 Å². The van der Waals surface area contributed by atoms with Gasteiger partial charge in [0.2, 0.25) is 5.91 Å². The number of carbonyl (C=O) groups is 1. The van der Waals surface area contributed by atoms with Gasteiger partial charge in [0, 0.05) is 4.47 Å². The number of amides is 1. The van der Waals surface area contributed by atoms with E-state index in [-0.39, 0.29) is 12.6 Å². The van der Waals surface area contributed by atoms with Gasteiger partial charge in [0.25, 0.3) is 0 Å². The minimum absolute atomic E-state index is 0.168. The molecule has 1 amide bonds. The number of rotatable bonds is 7. The van der Waals surface area contributed by atoms with Crippen LogP contribution in [0.4, 0.5) is 5.69 Å². The molecule has 0 saturated heterocycles. The number of nitrogens with zero attached hydrogens (tertiary/aromatic N) is 4. The SMILES string of the molecule is CCC(C(=O)Nc1cnn(COc2ccc(Br)cc2)c1)n1nc(C)c(Cl)c1C. The molecule has 3 aromatic rings. The summed E-state index contributed by atoms with van der Waals surface area (Å²) in [5.74, 6) is 0.565. The number of halogens is 2. The second-order valence-electron chi connectivity index (χ2n) is 6.34. The second kappa shape index (κ2) is 8.79. The Balaban J connectivity index is 1.63. The van der Waals surface area contributed by atoms with E-state index in [1.165, 1.54) is 0 Å². The van der Waals surface area contributed by atoms with E-state index >= 15 is 0 Å². The van der Waals surface area contributed by atoms with Crippen LogP contribution in [-0.2, 0) is 11.5 Å². The molecule has 0 spiro atoms. The summed E-state index contributed by atoms with van der Waals surface area (Å²) in [5, 5.41) is 12.1. The van der Waals surface area contributed by atoms with Gasteiger partial charge >= 0.3 is 0 Å². The van der Waals surface area contributed by atoms with Crippen LogP contribution in [0, 0.1) is 13.8 Å². The van der Waals surface area contributed by atoms with Crippen molar-refractivity contribution in [3.63, 3.8) is 0 Å². The molecule has 0 aliphatic rings. The molecular weight excluding hydrogens is 446 g/mol. The molecular formula is C19H21BrClN5O2. The van der Waals surface area contributed by atoms with E-state index in [4.69, 9.17) is 16.3 Å². The fraction of sp³-hybridized carbons (Fsp3) is 0.316. The van der Waals surface area contributed by atoms with E-state index in [0.29, 0.717) is 22.8 Å². The first kappa shape index (κ1) is 20.4. The summed E-state index contributed by atoms with van der Waals surface area (Å²) in [6.45, 7) is 5.85. The van der Waals surface area contributed by atoms with Gasteiger partial charge in [-0.1, -0.05) is 34.5 Å². The first-order valence-corrected chi connectivity index (χ1v) is 9.99. The van der Waals surface area contributed by atoms with Gasteiger partial charge in [0.15, 0.2) is 6.73 Å². The molecule has 1 atom stereocenters. The molecule has 2 heterocycles. The number of aromatic nitrogens is 4. The topological polar surface area (TPSA) is 74.0 Å². The Labute approximate surface area is 176 Å². The van der Waals surface area contributed by atoms with Gasteiger partial charge in [-0.05, 0) is 44.5 Å². The number of aryl methyl sites for hydroxylation is 1. The van der Waals surface area contributed by atoms with Crippen molar-refractivity contribution in [3.8, 4) is 5.75 Å². The summed E-state index contributed by atoms with van der Waals surface area (Å²) in [4.78, 5) is 12.7. The molecule has 1 unspecified atom stereocenters. The fourth-order valence-corrected chi connectivity index (χ4v) is 3.20. The minimum atomic E-state index is -0.450. The average Bonchev–Trinajstić information content (AvgIpc) is 3.22. The molecule has 0 radical (unpaired) electrons. The molecule has 3 rings (SSSR count). The zero-order valence-corrected chi connectivity index (χ0v) is 18.2. The number of nitrogens with one attached hydrogen (secondary N) is 1. The highest BCUT2D eigenvalue weighted by atomic mass is 79.9. The van der Waals surface area contributed by atoms with Crippen LogP contribution >= 0.6 is 27.5 Å². The van der Waals surface area contributed by atoms with Crippen molar-refractivity contribution in [1.82, 2.24) is 19.6 Å². The largest absolute Gasteiger partial charge is 0.471 e. The summed E-state index contributed by atoms with van der Waals surface area (Å²) in [6, 6.07) is 7.08. The van der Waals surface area contributed by atoms with Crippen molar-refractivity contribution in [3.05, 3.63) is 57.5 Å². The highest BCUT2D eigenvalue weighted by Gasteiger charge is 2.23. The number of benzene rings is 1. The number of ether oxygens (including phenoxy) is 1. The monoisotopic (exact) mass is 465 g/mol. The number of hydrogen-bond donors (Lipinski definition) is 1. The van der Waals surface area contributed by atoms with Crippen molar-refractivity contribution < 1.29 is 9.53 Å². The van der Waals surface area contributed by atoms with Crippen molar-refractivity contribution in [2.75, 3.05) is 5.32 Å². The molecule has 1 aromatic carbocycles. The molecule has 9 heteroatoms. The van der Waals surface area contributed by atoms with Crippen LogP contribution in [0.5, 0.6) is 5.75 Å². The molecule has 2 aromatic heterocycles. The van der Waals surface area contributed by atoms with Crippen LogP contribution in [0.3, 0.4) is 0 Å². The first-order valence-electron chi connectivity index (χ1n) is 8.82. The maximum atomic E-state index is 12.7. The molecule has 0 saturated carbocycles. The van der Waals surface area contributed by atoms with Crippen LogP contribution < -0.4 is 10.1 Å². The Hall–Kier alpha value is -2.32. The van der Waals surface area contributed by atoms with Crippen molar-refractivity contribution in [2.45, 2.75) is 40.0 Å². The van der Waals surface area contributed by atoms with Gasteiger partial charge in [-0.25, -0.2) is 4.68 Å². The molecule has 0 aliphatic carbocycles. The highest BCUT2D eigenvalue weighted by molar-refractivity contribution is 9.10. The van der Waals surface area contributed by atoms with E-state index in [1.807, 2.05) is 45.0 Å². The van der Waals surface area contributed by atoms with Gasteiger partial charge in [-0.2, -0.15) is 10.2 Å². The van der Waals surface area contributed by atoms with E-state index in [1.54, 1.807) is 21.8 Å². The number of anilines is 1. The lowest BCUT2D eigenvalue weighted by Gasteiger charge is -2.16. The van der Waals surface area contributed by atoms with Gasteiger partial charge in [0.05, 0.1) is 34.5 Å². The van der Waals surface area contributed by atoms with Gasteiger partial charge < -0.3 is 10.1 Å². The maximum absolute atomic E-state index is 12.7. The van der Waals surface area contributed by atoms with Crippen LogP contribution in [0.1, 0.15) is 30.8 Å². The van der Waals surface area contributed by atoms with Crippen molar-refractivity contribution in [2.24, 2.45) is 0 Å². The Morgan fingerprint density at radius 1 is 1.32 bits per heavy atom. The maximum Gasteiger partial charge on any atom is 0.249 e. The van der Waals surface area contributed by atoms with E-state index in [0.717, 1.165) is 15.9 Å². The second-order valence-corrected chi connectivity index (χ2v) is 7.63. The fourth-order valence-electron chi connectivity index (χ4n) is 2.81. The van der Waals surface area contributed by atoms with E-state index < -0.39 is 6.04 Å². The summed E-state index contributed by atoms with van der Waals surface area (Å²) in [5.41, 5.74) is 2.08. The first-order chi connectivity index (χ1) is 13.4. The van der Waals surface area contributed by atoms with Gasteiger partial charge in [0.1, 0.15) is 11.8 Å². The zero-order chi connectivity index (χ0) is 20.3. The summed E-state index contributed by atoms with van der Waals surface area (Å²) in [6.07, 6.45) is 3.90. The lowest BCUT2D eigenvalue weighted by molar-refractivity contribution is -0.119. The third-order valence-corrected chi connectivity index (χ3v) is 5.37. The Kier molecular flexibility index (Phi) is 6.41. The molecule has 0 bridgehead atoms. The smallest absolute Gasteiger partial charge is 0.249 e. The summed E-state index contributed by atoms with van der Waals surface area (Å²) >= 11 is 9.60. The minimum Gasteiger partial charge on any atom is -0.471 e. The predicted octanol–water partition coefficient (Wildman–Crippen LogP) is 4.74. The standard InChI is InChI=1S/C19H21BrClN5O2/c1-4-17(26-13(3)18(21)12(2)24-26)19(27)23-15-9-22-25(10-15)11-28-16-7-5-14(20)6-8-16/h5-10,17H,4,11H2,1-3H3,(H,23,27). The quantitative estimate of drug-likeness (QED) is 0.546. The number of carbonyl (C=O) groups excluding carboxylic acids is 1. The Morgan fingerprint density at radius 2 is 2.04 bits per heavy atom. The predicted molar refractivity (Wildman–Crippen MR) is 112 cm³/mol. The molecule has 0 aliphatic heterocycles. The van der Waals surface area contributed by atoms with E-state index in [9.17, 15) is 4.79 Å².